The summed E-state index contributed by atoms with van der Waals surface area (Å²) in [5, 5.41) is 3.55. The quantitative estimate of drug-likeness (QED) is 0.929. The van der Waals surface area contributed by atoms with Crippen molar-refractivity contribution in [2.45, 2.75) is 12.5 Å². The topological polar surface area (TPSA) is 41.6 Å². The van der Waals surface area contributed by atoms with Crippen LogP contribution in [0, 0.1) is 0 Å². The molecule has 0 bridgehead atoms. The van der Waals surface area contributed by atoms with Gasteiger partial charge in [0.2, 0.25) is 0 Å². The van der Waals surface area contributed by atoms with E-state index in [0.717, 1.165) is 12.1 Å². The summed E-state index contributed by atoms with van der Waals surface area (Å²) in [6, 6.07) is 17.2. The van der Waals surface area contributed by atoms with E-state index in [1.54, 1.807) is 29.2 Å². The maximum Gasteiger partial charge on any atom is 0.322 e. The van der Waals surface area contributed by atoms with Crippen molar-refractivity contribution in [3.63, 3.8) is 0 Å². The summed E-state index contributed by atoms with van der Waals surface area (Å²) < 4.78 is 5.79. The number of halogens is 1. The molecule has 1 heterocycles. The van der Waals surface area contributed by atoms with Gasteiger partial charge in [0.15, 0.2) is 0 Å². The van der Waals surface area contributed by atoms with Gasteiger partial charge in [0, 0.05) is 30.2 Å². The zero-order valence-corrected chi connectivity index (χ0v) is 13.5. The van der Waals surface area contributed by atoms with Gasteiger partial charge in [-0.1, -0.05) is 41.9 Å². The van der Waals surface area contributed by atoms with Crippen LogP contribution in [0.1, 0.15) is 5.56 Å². The van der Waals surface area contributed by atoms with E-state index in [1.165, 1.54) is 5.56 Å². The van der Waals surface area contributed by atoms with Crippen molar-refractivity contribution in [1.82, 2.24) is 4.90 Å². The molecule has 0 saturated carbocycles. The molecule has 1 N–H and O–H groups in total. The molecule has 1 fully saturated rings. The van der Waals surface area contributed by atoms with Crippen molar-refractivity contribution >= 4 is 23.3 Å². The average Bonchev–Trinajstić information content (AvgIpc) is 2.58. The van der Waals surface area contributed by atoms with Crippen molar-refractivity contribution in [2.24, 2.45) is 0 Å². The van der Waals surface area contributed by atoms with Gasteiger partial charge < -0.3 is 15.0 Å². The van der Waals surface area contributed by atoms with E-state index in [1.807, 2.05) is 18.2 Å². The van der Waals surface area contributed by atoms with Gasteiger partial charge in [-0.05, 0) is 29.8 Å². The Kier molecular flexibility index (Phi) is 5.16. The van der Waals surface area contributed by atoms with E-state index in [4.69, 9.17) is 16.3 Å². The van der Waals surface area contributed by atoms with Crippen molar-refractivity contribution in [2.75, 3.05) is 25.0 Å². The molecule has 1 atom stereocenters. The zero-order valence-electron chi connectivity index (χ0n) is 12.7. The number of carbonyl (C=O) groups excluding carboxylic acids is 1. The number of nitrogens with one attached hydrogen (secondary N) is 1. The summed E-state index contributed by atoms with van der Waals surface area (Å²) >= 11 is 5.85. The van der Waals surface area contributed by atoms with E-state index in [9.17, 15) is 4.79 Å². The third kappa shape index (κ3) is 4.47. The molecule has 3 rings (SSSR count). The Hall–Kier alpha value is -2.04. The maximum absolute atomic E-state index is 12.4. The van der Waals surface area contributed by atoms with Gasteiger partial charge in [0.25, 0.3) is 0 Å². The van der Waals surface area contributed by atoms with Gasteiger partial charge >= 0.3 is 6.03 Å². The highest BCUT2D eigenvalue weighted by Gasteiger charge is 2.24. The largest absolute Gasteiger partial charge is 0.374 e. The van der Waals surface area contributed by atoms with Gasteiger partial charge in [0.05, 0.1) is 12.7 Å². The fourth-order valence-electron chi connectivity index (χ4n) is 2.64. The van der Waals surface area contributed by atoms with E-state index < -0.39 is 0 Å². The lowest BCUT2D eigenvalue weighted by atomic mass is 10.1. The smallest absolute Gasteiger partial charge is 0.322 e. The second-order valence-electron chi connectivity index (χ2n) is 5.57. The molecule has 23 heavy (non-hydrogen) atoms. The van der Waals surface area contributed by atoms with Crippen molar-refractivity contribution in [3.05, 3.63) is 65.2 Å². The first-order valence-corrected chi connectivity index (χ1v) is 8.05. The molecule has 5 heteroatoms. The van der Waals surface area contributed by atoms with Crippen LogP contribution < -0.4 is 5.32 Å². The highest BCUT2D eigenvalue weighted by molar-refractivity contribution is 6.30. The number of urea groups is 1. The molecule has 1 aliphatic rings. The van der Waals surface area contributed by atoms with Crippen molar-refractivity contribution in [1.29, 1.82) is 0 Å². The second kappa shape index (κ2) is 7.49. The van der Waals surface area contributed by atoms with Crippen LogP contribution in [0.3, 0.4) is 0 Å². The number of ether oxygens (including phenoxy) is 1. The summed E-state index contributed by atoms with van der Waals surface area (Å²) in [6.07, 6.45) is 0.841. The highest BCUT2D eigenvalue weighted by Crippen LogP contribution is 2.16. The highest BCUT2D eigenvalue weighted by atomic mass is 35.5. The maximum atomic E-state index is 12.4. The Labute approximate surface area is 141 Å². The van der Waals surface area contributed by atoms with Gasteiger partial charge in [-0.25, -0.2) is 4.79 Å². The number of hydrogen-bond donors (Lipinski definition) is 1. The number of rotatable bonds is 3. The molecule has 2 aromatic rings. The van der Waals surface area contributed by atoms with E-state index in [2.05, 4.69) is 17.4 Å². The predicted molar refractivity (Wildman–Crippen MR) is 91.9 cm³/mol. The number of nitrogens with zero attached hydrogens (tertiary/aromatic N) is 1. The molecule has 2 aromatic carbocycles. The summed E-state index contributed by atoms with van der Waals surface area (Å²) in [5.74, 6) is 0. The molecule has 1 aliphatic heterocycles. The van der Waals surface area contributed by atoms with Gasteiger partial charge in [-0.15, -0.1) is 0 Å². The van der Waals surface area contributed by atoms with E-state index >= 15 is 0 Å². The van der Waals surface area contributed by atoms with Crippen LogP contribution in [0.25, 0.3) is 0 Å². The van der Waals surface area contributed by atoms with Crippen LogP contribution in [0.4, 0.5) is 10.5 Å². The normalized spacial score (nSPS) is 17.8. The summed E-state index contributed by atoms with van der Waals surface area (Å²) in [6.45, 7) is 1.75. The molecule has 0 aromatic heterocycles. The molecular formula is C18H19ClN2O2. The Bertz CT molecular complexity index is 646. The summed E-state index contributed by atoms with van der Waals surface area (Å²) in [4.78, 5) is 14.2. The second-order valence-corrected chi connectivity index (χ2v) is 6.00. The third-order valence-corrected chi connectivity index (χ3v) is 4.08. The molecule has 120 valence electrons. The predicted octanol–water partition coefficient (Wildman–Crippen LogP) is 3.82. The van der Waals surface area contributed by atoms with Crippen LogP contribution in [0.2, 0.25) is 5.02 Å². The van der Waals surface area contributed by atoms with Crippen LogP contribution in [-0.4, -0.2) is 36.7 Å². The molecule has 0 aliphatic carbocycles. The fraction of sp³-hybridized carbons (Fsp3) is 0.278. The van der Waals surface area contributed by atoms with E-state index in [-0.39, 0.29) is 12.1 Å². The minimum absolute atomic E-state index is 0.0297. The molecule has 4 nitrogen and oxygen atoms in total. The number of benzene rings is 2. The first-order chi connectivity index (χ1) is 11.2. The molecule has 1 saturated heterocycles. The molecular weight excluding hydrogens is 312 g/mol. The lowest BCUT2D eigenvalue weighted by Gasteiger charge is -2.33. The van der Waals surface area contributed by atoms with Crippen molar-refractivity contribution < 1.29 is 9.53 Å². The number of anilines is 1. The molecule has 0 spiro atoms. The number of carbonyl (C=O) groups is 1. The first kappa shape index (κ1) is 15.8. The Morgan fingerprint density at radius 3 is 2.65 bits per heavy atom. The summed E-state index contributed by atoms with van der Waals surface area (Å²) in [5.41, 5.74) is 1.96. The van der Waals surface area contributed by atoms with Crippen molar-refractivity contribution in [3.8, 4) is 0 Å². The number of morpholine rings is 1. The molecule has 2 amide bonds. The minimum atomic E-state index is -0.103. The minimum Gasteiger partial charge on any atom is -0.374 e. The Balaban J connectivity index is 1.57. The average molecular weight is 331 g/mol. The van der Waals surface area contributed by atoms with Crippen LogP contribution in [0.15, 0.2) is 54.6 Å². The van der Waals surface area contributed by atoms with E-state index in [0.29, 0.717) is 24.7 Å². The van der Waals surface area contributed by atoms with Gasteiger partial charge in [0.1, 0.15) is 0 Å². The van der Waals surface area contributed by atoms with Crippen LogP contribution in [-0.2, 0) is 11.2 Å². The molecule has 1 unspecified atom stereocenters. The molecule has 0 radical (unpaired) electrons. The van der Waals surface area contributed by atoms with Crippen LogP contribution in [0.5, 0.6) is 0 Å². The SMILES string of the molecule is O=C(Nc1ccc(Cl)cc1)N1CCOC(Cc2ccccc2)C1. The van der Waals surface area contributed by atoms with Gasteiger partial charge in [-0.3, -0.25) is 0 Å². The lowest BCUT2D eigenvalue weighted by molar-refractivity contribution is -0.0113. The Morgan fingerprint density at radius 1 is 1.17 bits per heavy atom. The number of hydrogen-bond acceptors (Lipinski definition) is 2. The third-order valence-electron chi connectivity index (χ3n) is 3.83. The number of amides is 2. The zero-order chi connectivity index (χ0) is 16.1. The van der Waals surface area contributed by atoms with Crippen LogP contribution >= 0.6 is 11.6 Å². The Morgan fingerprint density at radius 2 is 1.91 bits per heavy atom. The lowest BCUT2D eigenvalue weighted by Crippen LogP contribution is -2.48. The standard InChI is InChI=1S/C18H19ClN2O2/c19-15-6-8-16(9-7-15)20-18(22)21-10-11-23-17(13-21)12-14-4-2-1-3-5-14/h1-9,17H,10-13H2,(H,20,22). The summed E-state index contributed by atoms with van der Waals surface area (Å²) in [7, 11) is 0. The monoisotopic (exact) mass is 330 g/mol. The fourth-order valence-corrected chi connectivity index (χ4v) is 2.77. The van der Waals surface area contributed by atoms with Gasteiger partial charge in [-0.2, -0.15) is 0 Å². The first-order valence-electron chi connectivity index (χ1n) is 7.68.